The van der Waals surface area contributed by atoms with Gasteiger partial charge in [-0.05, 0) is 25.8 Å². The third kappa shape index (κ3) is 2.94. The fraction of sp³-hybridized carbons (Fsp3) is 1.00. The van der Waals surface area contributed by atoms with E-state index in [1.807, 2.05) is 0 Å². The van der Waals surface area contributed by atoms with Gasteiger partial charge in [-0.3, -0.25) is 0 Å². The molecule has 0 radical (unpaired) electrons. The van der Waals surface area contributed by atoms with Crippen LogP contribution in [0.4, 0.5) is 0 Å². The van der Waals surface area contributed by atoms with Gasteiger partial charge in [0, 0.05) is 25.2 Å². The smallest absolute Gasteiger partial charge is 0.0309 e. The Kier molecular flexibility index (Phi) is 4.04. The Morgan fingerprint density at radius 2 is 2.00 bits per heavy atom. The van der Waals surface area contributed by atoms with Crippen LogP contribution in [-0.4, -0.2) is 36.6 Å². The van der Waals surface area contributed by atoms with E-state index in [9.17, 15) is 0 Å². The molecular formula is C13H26N2. The Bertz CT molecular complexity index is 179. The Hall–Kier alpha value is -0.0800. The van der Waals surface area contributed by atoms with E-state index in [1.165, 1.54) is 71.1 Å². The quantitative estimate of drug-likeness (QED) is 0.769. The fourth-order valence-corrected chi connectivity index (χ4v) is 3.18. The molecule has 0 aromatic rings. The predicted molar refractivity (Wildman–Crippen MR) is 65.2 cm³/mol. The zero-order chi connectivity index (χ0) is 10.6. The molecule has 2 aliphatic rings. The van der Waals surface area contributed by atoms with Crippen LogP contribution in [0, 0.1) is 0 Å². The topological polar surface area (TPSA) is 15.3 Å². The minimum atomic E-state index is 0.504. The summed E-state index contributed by atoms with van der Waals surface area (Å²) >= 11 is 0. The zero-order valence-corrected chi connectivity index (χ0v) is 10.2. The van der Waals surface area contributed by atoms with Gasteiger partial charge in [0.1, 0.15) is 0 Å². The van der Waals surface area contributed by atoms with E-state index in [1.54, 1.807) is 0 Å². The van der Waals surface area contributed by atoms with E-state index in [0.717, 1.165) is 0 Å². The Labute approximate surface area is 94.4 Å². The van der Waals surface area contributed by atoms with Crippen molar-refractivity contribution >= 4 is 0 Å². The molecule has 1 heterocycles. The highest BCUT2D eigenvalue weighted by molar-refractivity contribution is 4.96. The second-order valence-electron chi connectivity index (χ2n) is 5.40. The number of nitrogens with one attached hydrogen (secondary N) is 1. The normalized spacial score (nSPS) is 27.0. The molecule has 0 atom stereocenters. The highest BCUT2D eigenvalue weighted by atomic mass is 15.2. The second kappa shape index (κ2) is 5.31. The minimum absolute atomic E-state index is 0.504. The van der Waals surface area contributed by atoms with Crippen LogP contribution in [-0.2, 0) is 0 Å². The maximum Gasteiger partial charge on any atom is 0.0309 e. The molecule has 0 aromatic heterocycles. The van der Waals surface area contributed by atoms with Crippen LogP contribution >= 0.6 is 0 Å². The number of hydrogen-bond donors (Lipinski definition) is 1. The summed E-state index contributed by atoms with van der Waals surface area (Å²) in [5.74, 6) is 0. The molecule has 1 spiro atoms. The van der Waals surface area contributed by atoms with E-state index in [-0.39, 0.29) is 0 Å². The van der Waals surface area contributed by atoms with Gasteiger partial charge in [-0.15, -0.1) is 0 Å². The predicted octanol–water partition coefficient (Wildman–Crippen LogP) is 2.39. The molecule has 0 amide bonds. The molecule has 1 N–H and O–H groups in total. The fourth-order valence-electron chi connectivity index (χ4n) is 3.18. The van der Waals surface area contributed by atoms with E-state index < -0.39 is 0 Å². The van der Waals surface area contributed by atoms with Crippen molar-refractivity contribution < 1.29 is 0 Å². The van der Waals surface area contributed by atoms with Gasteiger partial charge in [-0.1, -0.05) is 32.6 Å². The lowest BCUT2D eigenvalue weighted by atomic mass is 9.80. The van der Waals surface area contributed by atoms with Crippen LogP contribution in [0.25, 0.3) is 0 Å². The summed E-state index contributed by atoms with van der Waals surface area (Å²) in [6, 6.07) is 0. The minimum Gasteiger partial charge on any atom is -0.309 e. The first-order chi connectivity index (χ1) is 7.35. The summed E-state index contributed by atoms with van der Waals surface area (Å²) in [6.45, 7) is 7.40. The molecule has 2 heteroatoms. The summed E-state index contributed by atoms with van der Waals surface area (Å²) in [5, 5.41) is 3.80. The summed E-state index contributed by atoms with van der Waals surface area (Å²) in [7, 11) is 0. The summed E-state index contributed by atoms with van der Waals surface area (Å²) < 4.78 is 0. The van der Waals surface area contributed by atoms with Crippen molar-refractivity contribution in [3.63, 3.8) is 0 Å². The van der Waals surface area contributed by atoms with Gasteiger partial charge in [0.05, 0.1) is 0 Å². The van der Waals surface area contributed by atoms with E-state index in [4.69, 9.17) is 0 Å². The summed E-state index contributed by atoms with van der Waals surface area (Å²) in [4.78, 5) is 2.69. The van der Waals surface area contributed by atoms with Crippen molar-refractivity contribution in [2.45, 2.75) is 57.4 Å². The SMILES string of the molecule is CCCCN1CCNC2(CCCCC2)C1. The summed E-state index contributed by atoms with van der Waals surface area (Å²) in [5.41, 5.74) is 0.504. The largest absolute Gasteiger partial charge is 0.309 e. The molecule has 88 valence electrons. The molecule has 15 heavy (non-hydrogen) atoms. The Morgan fingerprint density at radius 3 is 2.73 bits per heavy atom. The first kappa shape index (κ1) is 11.4. The Morgan fingerprint density at radius 1 is 1.20 bits per heavy atom. The number of hydrogen-bond acceptors (Lipinski definition) is 2. The molecule has 1 saturated carbocycles. The first-order valence-electron chi connectivity index (χ1n) is 6.82. The average Bonchev–Trinajstić information content (AvgIpc) is 2.28. The maximum absolute atomic E-state index is 3.80. The molecule has 1 aliphatic carbocycles. The van der Waals surface area contributed by atoms with Gasteiger partial charge in [-0.25, -0.2) is 0 Å². The van der Waals surface area contributed by atoms with E-state index >= 15 is 0 Å². The van der Waals surface area contributed by atoms with Crippen molar-refractivity contribution in [1.82, 2.24) is 10.2 Å². The van der Waals surface area contributed by atoms with Gasteiger partial charge in [0.2, 0.25) is 0 Å². The lowest BCUT2D eigenvalue weighted by Crippen LogP contribution is -2.61. The third-order valence-electron chi connectivity index (χ3n) is 4.09. The van der Waals surface area contributed by atoms with Crippen molar-refractivity contribution in [2.24, 2.45) is 0 Å². The van der Waals surface area contributed by atoms with Crippen molar-refractivity contribution in [1.29, 1.82) is 0 Å². The lowest BCUT2D eigenvalue weighted by molar-refractivity contribution is 0.0985. The van der Waals surface area contributed by atoms with Crippen molar-refractivity contribution in [3.05, 3.63) is 0 Å². The summed E-state index contributed by atoms with van der Waals surface area (Å²) in [6.07, 6.45) is 9.86. The molecular weight excluding hydrogens is 184 g/mol. The van der Waals surface area contributed by atoms with E-state index in [2.05, 4.69) is 17.1 Å². The molecule has 2 nitrogen and oxygen atoms in total. The second-order valence-corrected chi connectivity index (χ2v) is 5.40. The van der Waals surface area contributed by atoms with Crippen LogP contribution in [0.2, 0.25) is 0 Å². The monoisotopic (exact) mass is 210 g/mol. The number of rotatable bonds is 3. The van der Waals surface area contributed by atoms with Gasteiger partial charge in [-0.2, -0.15) is 0 Å². The molecule has 0 unspecified atom stereocenters. The van der Waals surface area contributed by atoms with Crippen LogP contribution in [0.5, 0.6) is 0 Å². The molecule has 0 aromatic carbocycles. The number of piperazine rings is 1. The first-order valence-corrected chi connectivity index (χ1v) is 6.82. The van der Waals surface area contributed by atoms with Crippen LogP contribution in [0.15, 0.2) is 0 Å². The highest BCUT2D eigenvalue weighted by Crippen LogP contribution is 2.30. The van der Waals surface area contributed by atoms with Crippen molar-refractivity contribution in [3.8, 4) is 0 Å². The third-order valence-corrected chi connectivity index (χ3v) is 4.09. The molecule has 1 aliphatic heterocycles. The van der Waals surface area contributed by atoms with Gasteiger partial charge >= 0.3 is 0 Å². The highest BCUT2D eigenvalue weighted by Gasteiger charge is 2.35. The van der Waals surface area contributed by atoms with Gasteiger partial charge in [0.15, 0.2) is 0 Å². The van der Waals surface area contributed by atoms with Gasteiger partial charge in [0.25, 0.3) is 0 Å². The average molecular weight is 210 g/mol. The van der Waals surface area contributed by atoms with Crippen LogP contribution in [0.1, 0.15) is 51.9 Å². The number of nitrogens with zero attached hydrogens (tertiary/aromatic N) is 1. The standard InChI is InChI=1S/C13H26N2/c1-2-3-10-15-11-9-14-13(12-15)7-5-4-6-8-13/h14H,2-12H2,1H3. The Balaban J connectivity index is 1.85. The molecule has 0 bridgehead atoms. The van der Waals surface area contributed by atoms with E-state index in [0.29, 0.717) is 5.54 Å². The molecule has 2 rings (SSSR count). The lowest BCUT2D eigenvalue weighted by Gasteiger charge is -2.46. The number of unbranched alkanes of at least 4 members (excludes halogenated alkanes) is 1. The molecule has 2 fully saturated rings. The maximum atomic E-state index is 3.80. The molecule has 1 saturated heterocycles. The van der Waals surface area contributed by atoms with Crippen LogP contribution < -0.4 is 5.32 Å². The van der Waals surface area contributed by atoms with Gasteiger partial charge < -0.3 is 10.2 Å². The van der Waals surface area contributed by atoms with Crippen LogP contribution in [0.3, 0.4) is 0 Å². The zero-order valence-electron chi connectivity index (χ0n) is 10.2. The van der Waals surface area contributed by atoms with Crippen molar-refractivity contribution in [2.75, 3.05) is 26.2 Å².